The second-order valence-corrected chi connectivity index (χ2v) is 7.06. The number of carboxylic acid groups (broad SMARTS) is 1. The molecule has 140 valence electrons. The maximum atomic E-state index is 10.8. The molecule has 0 spiro atoms. The number of esters is 1. The molecule has 0 unspecified atom stereocenters. The number of hydrogen-bond acceptors (Lipinski definition) is 4. The first-order valence-electron chi connectivity index (χ1n) is 9.18. The number of ether oxygens (including phenoxy) is 1. The average molecular weight is 341 g/mol. The van der Waals surface area contributed by atoms with E-state index in [1.165, 1.54) is 44.6 Å². The summed E-state index contributed by atoms with van der Waals surface area (Å²) in [4.78, 5) is 21.3. The van der Waals surface area contributed by atoms with Crippen LogP contribution >= 0.6 is 0 Å². The maximum Gasteiger partial charge on any atom is 0.330 e. The van der Waals surface area contributed by atoms with Gasteiger partial charge in [-0.3, -0.25) is 0 Å². The van der Waals surface area contributed by atoms with Crippen LogP contribution in [-0.4, -0.2) is 50.2 Å². The third kappa shape index (κ3) is 15.5. The Morgan fingerprint density at radius 3 is 1.96 bits per heavy atom. The quantitative estimate of drug-likeness (QED) is 0.187. The summed E-state index contributed by atoms with van der Waals surface area (Å²) in [6.07, 6.45) is 11.4. The van der Waals surface area contributed by atoms with Crippen LogP contribution in [0, 0.1) is 0 Å². The van der Waals surface area contributed by atoms with Crippen LogP contribution < -0.4 is 5.11 Å². The second-order valence-electron chi connectivity index (χ2n) is 7.06. The number of rotatable bonds is 16. The largest absolute Gasteiger partial charge is 0.550 e. The predicted molar refractivity (Wildman–Crippen MR) is 94.2 cm³/mol. The lowest BCUT2D eigenvalue weighted by Gasteiger charge is -2.30. The number of nitrogens with zero attached hydrogens (tertiary/aromatic N) is 1. The molecule has 0 aliphatic rings. The SMILES string of the molecule is C=CC(=O)OCCCCCCCCCC[N+](C)(C)CCCC(=O)[O-]. The Bertz CT molecular complexity index is 366. The molecule has 0 atom stereocenters. The minimum Gasteiger partial charge on any atom is -0.550 e. The van der Waals surface area contributed by atoms with Crippen LogP contribution in [0.1, 0.15) is 64.2 Å². The molecule has 0 heterocycles. The van der Waals surface area contributed by atoms with Gasteiger partial charge in [0.05, 0.1) is 33.8 Å². The van der Waals surface area contributed by atoms with Crippen LogP contribution in [-0.2, 0) is 14.3 Å². The normalized spacial score (nSPS) is 11.2. The fourth-order valence-corrected chi connectivity index (χ4v) is 2.70. The molecular weight excluding hydrogens is 306 g/mol. The third-order valence-corrected chi connectivity index (χ3v) is 4.21. The van der Waals surface area contributed by atoms with Crippen LogP contribution in [0.5, 0.6) is 0 Å². The zero-order valence-corrected chi connectivity index (χ0v) is 15.6. The summed E-state index contributed by atoms with van der Waals surface area (Å²) in [5, 5.41) is 10.4. The number of carbonyl (C=O) groups is 2. The van der Waals surface area contributed by atoms with Crippen molar-refractivity contribution < 1.29 is 23.9 Å². The molecule has 0 amide bonds. The van der Waals surface area contributed by atoms with Gasteiger partial charge in [0.1, 0.15) is 0 Å². The lowest BCUT2D eigenvalue weighted by Crippen LogP contribution is -2.41. The maximum absolute atomic E-state index is 10.8. The molecule has 0 rings (SSSR count). The van der Waals surface area contributed by atoms with Crippen molar-refractivity contribution in [1.82, 2.24) is 0 Å². The standard InChI is InChI=1S/C19H35NO4/c1-4-19(23)24-17-12-10-8-6-5-7-9-11-15-20(2,3)16-13-14-18(21)22/h4H,1,5-17H2,2-3H3. The summed E-state index contributed by atoms with van der Waals surface area (Å²) >= 11 is 0. The van der Waals surface area contributed by atoms with Crippen molar-refractivity contribution in [2.45, 2.75) is 64.2 Å². The highest BCUT2D eigenvalue weighted by Gasteiger charge is 2.13. The Hall–Kier alpha value is -1.36. The van der Waals surface area contributed by atoms with E-state index in [9.17, 15) is 14.7 Å². The molecule has 0 aromatic carbocycles. The van der Waals surface area contributed by atoms with Gasteiger partial charge < -0.3 is 19.1 Å². The fourth-order valence-electron chi connectivity index (χ4n) is 2.70. The van der Waals surface area contributed by atoms with Crippen molar-refractivity contribution in [3.8, 4) is 0 Å². The number of aliphatic carboxylic acids is 1. The summed E-state index contributed by atoms with van der Waals surface area (Å²) in [6.45, 7) is 5.85. The van der Waals surface area contributed by atoms with E-state index in [2.05, 4.69) is 20.7 Å². The predicted octanol–water partition coefficient (Wildman–Crippen LogP) is 2.44. The van der Waals surface area contributed by atoms with Gasteiger partial charge in [-0.25, -0.2) is 4.79 Å². The van der Waals surface area contributed by atoms with E-state index < -0.39 is 5.97 Å². The topological polar surface area (TPSA) is 66.4 Å². The van der Waals surface area contributed by atoms with Crippen molar-refractivity contribution >= 4 is 11.9 Å². The van der Waals surface area contributed by atoms with Gasteiger partial charge >= 0.3 is 5.97 Å². The Morgan fingerprint density at radius 2 is 1.42 bits per heavy atom. The molecule has 0 aromatic rings. The van der Waals surface area contributed by atoms with Gasteiger partial charge in [-0.1, -0.05) is 38.7 Å². The zero-order valence-electron chi connectivity index (χ0n) is 15.6. The van der Waals surface area contributed by atoms with Crippen molar-refractivity contribution in [3.63, 3.8) is 0 Å². The Morgan fingerprint density at radius 1 is 0.917 bits per heavy atom. The molecule has 24 heavy (non-hydrogen) atoms. The molecule has 0 aliphatic carbocycles. The second kappa shape index (κ2) is 14.0. The van der Waals surface area contributed by atoms with Gasteiger partial charge in [0.25, 0.3) is 0 Å². The molecule has 0 N–H and O–H groups in total. The van der Waals surface area contributed by atoms with E-state index in [-0.39, 0.29) is 12.4 Å². The highest BCUT2D eigenvalue weighted by atomic mass is 16.5. The van der Waals surface area contributed by atoms with Gasteiger partial charge in [0, 0.05) is 18.5 Å². The van der Waals surface area contributed by atoms with E-state index in [1.54, 1.807) is 0 Å². The van der Waals surface area contributed by atoms with Gasteiger partial charge in [-0.2, -0.15) is 0 Å². The smallest absolute Gasteiger partial charge is 0.330 e. The van der Waals surface area contributed by atoms with Gasteiger partial charge in [0.2, 0.25) is 0 Å². The number of carboxylic acids is 1. The lowest BCUT2D eigenvalue weighted by atomic mass is 10.1. The number of hydrogen-bond donors (Lipinski definition) is 0. The Labute approximate surface area is 147 Å². The number of carbonyl (C=O) groups excluding carboxylic acids is 2. The van der Waals surface area contributed by atoms with E-state index in [4.69, 9.17) is 4.74 Å². The van der Waals surface area contributed by atoms with Crippen molar-refractivity contribution in [3.05, 3.63) is 12.7 Å². The monoisotopic (exact) mass is 341 g/mol. The molecule has 0 aromatic heterocycles. The summed E-state index contributed by atoms with van der Waals surface area (Å²) < 4.78 is 5.81. The van der Waals surface area contributed by atoms with Crippen molar-refractivity contribution in [2.75, 3.05) is 33.8 Å². The van der Waals surface area contributed by atoms with E-state index in [0.717, 1.165) is 30.4 Å². The zero-order chi connectivity index (χ0) is 18.3. The first-order valence-corrected chi connectivity index (χ1v) is 9.18. The minimum absolute atomic E-state index is 0.161. The van der Waals surface area contributed by atoms with Crippen LogP contribution in [0.3, 0.4) is 0 Å². The summed E-state index contributed by atoms with van der Waals surface area (Å²) in [5.74, 6) is -1.29. The van der Waals surface area contributed by atoms with Gasteiger partial charge in [0.15, 0.2) is 0 Å². The van der Waals surface area contributed by atoms with E-state index >= 15 is 0 Å². The minimum atomic E-state index is -0.950. The average Bonchev–Trinajstić information content (AvgIpc) is 2.51. The molecule has 5 nitrogen and oxygen atoms in total. The highest BCUT2D eigenvalue weighted by molar-refractivity contribution is 5.81. The fraction of sp³-hybridized carbons (Fsp3) is 0.789. The van der Waals surface area contributed by atoms with Crippen molar-refractivity contribution in [2.24, 2.45) is 0 Å². The van der Waals surface area contributed by atoms with E-state index in [1.807, 2.05) is 0 Å². The molecule has 0 bridgehead atoms. The highest BCUT2D eigenvalue weighted by Crippen LogP contribution is 2.11. The number of quaternary nitrogens is 1. The first kappa shape index (κ1) is 22.6. The Kier molecular flexibility index (Phi) is 13.2. The summed E-state index contributed by atoms with van der Waals surface area (Å²) in [7, 11) is 4.32. The van der Waals surface area contributed by atoms with Gasteiger partial charge in [-0.15, -0.1) is 0 Å². The third-order valence-electron chi connectivity index (χ3n) is 4.21. The molecule has 0 fully saturated rings. The van der Waals surface area contributed by atoms with Crippen LogP contribution in [0.2, 0.25) is 0 Å². The number of unbranched alkanes of at least 4 members (excludes halogenated alkanes) is 7. The summed E-state index contributed by atoms with van der Waals surface area (Å²) in [5.41, 5.74) is 0. The Balaban J connectivity index is 3.36. The molecule has 0 aliphatic heterocycles. The molecule has 0 saturated heterocycles. The molecule has 0 saturated carbocycles. The van der Waals surface area contributed by atoms with Crippen LogP contribution in [0.25, 0.3) is 0 Å². The van der Waals surface area contributed by atoms with Gasteiger partial charge in [-0.05, 0) is 25.7 Å². The lowest BCUT2D eigenvalue weighted by molar-refractivity contribution is -0.890. The van der Waals surface area contributed by atoms with Crippen molar-refractivity contribution in [1.29, 1.82) is 0 Å². The molecule has 0 radical (unpaired) electrons. The van der Waals surface area contributed by atoms with Crippen LogP contribution in [0.15, 0.2) is 12.7 Å². The molecule has 5 heteroatoms. The van der Waals surface area contributed by atoms with E-state index in [0.29, 0.717) is 13.0 Å². The summed E-state index contributed by atoms with van der Waals surface area (Å²) in [6, 6.07) is 0. The van der Waals surface area contributed by atoms with Crippen LogP contribution in [0.4, 0.5) is 0 Å². The first-order chi connectivity index (χ1) is 11.4. The molecular formula is C19H35NO4.